The highest BCUT2D eigenvalue weighted by atomic mass is 35.5. The van der Waals surface area contributed by atoms with Crippen molar-refractivity contribution in [2.45, 2.75) is 19.5 Å². The predicted molar refractivity (Wildman–Crippen MR) is 133 cm³/mol. The van der Waals surface area contributed by atoms with E-state index in [-0.39, 0.29) is 0 Å². The Bertz CT molecular complexity index is 1340. The number of aromatic amines is 1. The molecule has 5 aromatic rings. The fourth-order valence-corrected chi connectivity index (χ4v) is 4.20. The second-order valence-electron chi connectivity index (χ2n) is 7.75. The number of hydrogen-bond acceptors (Lipinski definition) is 4. The van der Waals surface area contributed by atoms with Crippen LogP contribution in [0, 0.1) is 0 Å². The third-order valence-electron chi connectivity index (χ3n) is 5.37. The lowest BCUT2D eigenvalue weighted by Crippen LogP contribution is -2.18. The van der Waals surface area contributed by atoms with Crippen molar-refractivity contribution in [3.63, 3.8) is 0 Å². The number of rotatable bonds is 8. The van der Waals surface area contributed by atoms with Crippen LogP contribution in [0.15, 0.2) is 72.8 Å². The number of para-hydroxylation sites is 2. The first-order valence-electron chi connectivity index (χ1n) is 10.7. The first-order chi connectivity index (χ1) is 16.2. The van der Waals surface area contributed by atoms with E-state index < -0.39 is 0 Å². The van der Waals surface area contributed by atoms with Crippen LogP contribution >= 0.6 is 23.2 Å². The summed E-state index contributed by atoms with van der Waals surface area (Å²) in [6.07, 6.45) is 0.796. The van der Waals surface area contributed by atoms with Gasteiger partial charge in [0.2, 0.25) is 0 Å². The number of nitrogens with one attached hydrogen (secondary N) is 2. The minimum Gasteiger partial charge on any atom is -0.342 e. The lowest BCUT2D eigenvalue weighted by molar-refractivity contribution is 0.576. The van der Waals surface area contributed by atoms with Crippen LogP contribution in [0.1, 0.15) is 17.1 Å². The molecule has 0 radical (unpaired) electrons. The average molecular weight is 477 g/mol. The third kappa shape index (κ3) is 5.09. The predicted octanol–water partition coefficient (Wildman–Crippen LogP) is 5.51. The van der Waals surface area contributed by atoms with Crippen LogP contribution in [-0.4, -0.2) is 31.5 Å². The summed E-state index contributed by atoms with van der Waals surface area (Å²) in [5, 5.41) is 14.2. The number of halogens is 2. The lowest BCUT2D eigenvalue weighted by atomic mass is 10.1. The summed E-state index contributed by atoms with van der Waals surface area (Å²) in [7, 11) is 0. The Kier molecular flexibility index (Phi) is 6.39. The molecule has 3 aromatic carbocycles. The molecule has 0 bridgehead atoms. The molecule has 2 heterocycles. The zero-order chi connectivity index (χ0) is 22.6. The van der Waals surface area contributed by atoms with E-state index in [4.69, 9.17) is 33.4 Å². The summed E-state index contributed by atoms with van der Waals surface area (Å²) in [5.74, 6) is 0.966. The normalized spacial score (nSPS) is 11.3. The molecule has 6 nitrogen and oxygen atoms in total. The van der Waals surface area contributed by atoms with Crippen molar-refractivity contribution in [2.24, 2.45) is 0 Å². The van der Waals surface area contributed by atoms with Crippen molar-refractivity contribution in [3.8, 4) is 11.3 Å². The molecule has 2 N–H and O–H groups in total. The van der Waals surface area contributed by atoms with Gasteiger partial charge in [-0.25, -0.2) is 4.98 Å². The van der Waals surface area contributed by atoms with Crippen LogP contribution in [0.2, 0.25) is 10.0 Å². The molecule has 0 atom stereocenters. The van der Waals surface area contributed by atoms with Gasteiger partial charge in [0.15, 0.2) is 0 Å². The molecular weight excluding hydrogens is 455 g/mol. The third-order valence-corrected chi connectivity index (χ3v) is 5.96. The summed E-state index contributed by atoms with van der Waals surface area (Å²) >= 11 is 12.4. The number of fused-ring (bicyclic) bond motifs is 1. The number of benzene rings is 3. The van der Waals surface area contributed by atoms with Crippen LogP contribution in [0.25, 0.3) is 22.3 Å². The second-order valence-corrected chi connectivity index (χ2v) is 8.60. The zero-order valence-corrected chi connectivity index (χ0v) is 19.3. The van der Waals surface area contributed by atoms with Crippen molar-refractivity contribution in [1.29, 1.82) is 0 Å². The lowest BCUT2D eigenvalue weighted by Gasteiger charge is -2.04. The number of H-pyrrole nitrogens is 1. The minimum atomic E-state index is 0.467. The van der Waals surface area contributed by atoms with Gasteiger partial charge >= 0.3 is 0 Å². The van der Waals surface area contributed by atoms with Crippen LogP contribution in [0.3, 0.4) is 0 Å². The number of imidazole rings is 1. The van der Waals surface area contributed by atoms with Crippen LogP contribution in [0.5, 0.6) is 0 Å². The number of aromatic nitrogens is 5. The number of hydrogen-bond donors (Lipinski definition) is 2. The summed E-state index contributed by atoms with van der Waals surface area (Å²) in [4.78, 5) is 9.69. The molecule has 2 aromatic heterocycles. The van der Waals surface area contributed by atoms with Gasteiger partial charge in [-0.3, -0.25) is 0 Å². The Labute approximate surface area is 201 Å². The standard InChI is InChI=1S/C25H22Cl2N6/c26-19-11-10-18(20(27)14-19)16-33-31-23(25(32-33)17-6-2-1-3-7-17)15-28-13-12-24-29-21-8-4-5-9-22(21)30-24/h1-11,14,28H,12-13,15-16H2,(H,29,30). The SMILES string of the molecule is Clc1ccc(Cn2nc(CNCCc3nc4ccccc4[nH]3)c(-c3ccccc3)n2)c(Cl)c1. The van der Waals surface area contributed by atoms with E-state index >= 15 is 0 Å². The monoisotopic (exact) mass is 476 g/mol. The Morgan fingerprint density at radius 2 is 1.73 bits per heavy atom. The van der Waals surface area contributed by atoms with E-state index in [1.165, 1.54) is 0 Å². The second kappa shape index (κ2) is 9.75. The van der Waals surface area contributed by atoms with E-state index in [2.05, 4.69) is 15.3 Å². The van der Waals surface area contributed by atoms with Crippen molar-refractivity contribution in [2.75, 3.05) is 6.54 Å². The summed E-state index contributed by atoms with van der Waals surface area (Å²) < 4.78 is 0. The molecule has 0 fully saturated rings. The van der Waals surface area contributed by atoms with Gasteiger partial charge in [-0.05, 0) is 29.8 Å². The summed E-state index contributed by atoms with van der Waals surface area (Å²) in [6.45, 7) is 1.83. The highest BCUT2D eigenvalue weighted by molar-refractivity contribution is 6.35. The maximum atomic E-state index is 6.36. The zero-order valence-electron chi connectivity index (χ0n) is 17.8. The largest absolute Gasteiger partial charge is 0.342 e. The first-order valence-corrected chi connectivity index (χ1v) is 11.5. The minimum absolute atomic E-state index is 0.467. The van der Waals surface area contributed by atoms with Gasteiger partial charge in [0.1, 0.15) is 17.2 Å². The van der Waals surface area contributed by atoms with E-state index in [1.807, 2.05) is 66.7 Å². The highest BCUT2D eigenvalue weighted by Crippen LogP contribution is 2.24. The molecule has 0 saturated heterocycles. The molecule has 8 heteroatoms. The fourth-order valence-electron chi connectivity index (χ4n) is 3.73. The Morgan fingerprint density at radius 1 is 0.909 bits per heavy atom. The maximum absolute atomic E-state index is 6.36. The molecule has 5 rings (SSSR count). The Morgan fingerprint density at radius 3 is 2.55 bits per heavy atom. The highest BCUT2D eigenvalue weighted by Gasteiger charge is 2.14. The van der Waals surface area contributed by atoms with Gasteiger partial charge in [0, 0.05) is 35.1 Å². The molecule has 0 saturated carbocycles. The topological polar surface area (TPSA) is 71.4 Å². The summed E-state index contributed by atoms with van der Waals surface area (Å²) in [6, 6.07) is 23.6. The molecular formula is C25H22Cl2N6. The Hall–Kier alpha value is -3.19. The fraction of sp³-hybridized carbons (Fsp3) is 0.160. The van der Waals surface area contributed by atoms with Gasteiger partial charge in [-0.2, -0.15) is 15.0 Å². The molecule has 0 aliphatic heterocycles. The van der Waals surface area contributed by atoms with Crippen molar-refractivity contribution >= 4 is 34.2 Å². The molecule has 0 aliphatic carbocycles. The van der Waals surface area contributed by atoms with Crippen LogP contribution in [-0.2, 0) is 19.5 Å². The molecule has 166 valence electrons. The van der Waals surface area contributed by atoms with Crippen LogP contribution < -0.4 is 5.32 Å². The van der Waals surface area contributed by atoms with E-state index in [1.54, 1.807) is 10.9 Å². The van der Waals surface area contributed by atoms with Crippen molar-refractivity contribution in [3.05, 3.63) is 99.9 Å². The van der Waals surface area contributed by atoms with Gasteiger partial charge in [0.25, 0.3) is 0 Å². The maximum Gasteiger partial charge on any atom is 0.117 e. The van der Waals surface area contributed by atoms with Crippen LogP contribution in [0.4, 0.5) is 0 Å². The van der Waals surface area contributed by atoms with Crippen molar-refractivity contribution < 1.29 is 0 Å². The van der Waals surface area contributed by atoms with E-state index in [9.17, 15) is 0 Å². The van der Waals surface area contributed by atoms with Gasteiger partial charge in [-0.1, -0.05) is 71.7 Å². The average Bonchev–Trinajstić information content (AvgIpc) is 3.43. The van der Waals surface area contributed by atoms with Gasteiger partial charge in [-0.15, -0.1) is 0 Å². The van der Waals surface area contributed by atoms with E-state index in [0.29, 0.717) is 23.1 Å². The molecule has 0 unspecified atom stereocenters. The molecule has 0 spiro atoms. The molecule has 0 amide bonds. The van der Waals surface area contributed by atoms with Gasteiger partial charge < -0.3 is 10.3 Å². The summed E-state index contributed by atoms with van der Waals surface area (Å²) in [5.41, 5.74) is 5.73. The Balaban J connectivity index is 1.30. The van der Waals surface area contributed by atoms with E-state index in [0.717, 1.165) is 52.3 Å². The smallest absolute Gasteiger partial charge is 0.117 e. The molecule has 0 aliphatic rings. The molecule has 33 heavy (non-hydrogen) atoms. The van der Waals surface area contributed by atoms with Gasteiger partial charge in [0.05, 0.1) is 17.6 Å². The quantitative estimate of drug-likeness (QED) is 0.289. The number of nitrogens with zero attached hydrogens (tertiary/aromatic N) is 4. The first kappa shape index (κ1) is 21.6. The van der Waals surface area contributed by atoms with Crippen molar-refractivity contribution in [1.82, 2.24) is 30.3 Å².